The molecule has 3 aromatic rings. The smallest absolute Gasteiger partial charge is 0.229 e. The average molecular weight is 344 g/mol. The summed E-state index contributed by atoms with van der Waals surface area (Å²) < 4.78 is 0. The lowest BCUT2D eigenvalue weighted by atomic mass is 10.0. The van der Waals surface area contributed by atoms with Gasteiger partial charge in [0.1, 0.15) is 5.82 Å². The number of nitrogens with one attached hydrogen (secondary N) is 1. The summed E-state index contributed by atoms with van der Waals surface area (Å²) in [5.41, 5.74) is 7.15. The number of hydrogen-bond acceptors (Lipinski definition) is 4. The molecule has 2 aromatic carbocycles. The van der Waals surface area contributed by atoms with E-state index in [-0.39, 0.29) is 0 Å². The van der Waals surface area contributed by atoms with Gasteiger partial charge in [0, 0.05) is 29.7 Å². The lowest BCUT2D eigenvalue weighted by molar-refractivity contribution is 0.758. The number of rotatable bonds is 3. The van der Waals surface area contributed by atoms with Crippen molar-refractivity contribution in [2.45, 2.75) is 33.6 Å². The fourth-order valence-corrected chi connectivity index (χ4v) is 3.52. The van der Waals surface area contributed by atoms with Gasteiger partial charge in [-0.15, -0.1) is 0 Å². The van der Waals surface area contributed by atoms with Crippen molar-refractivity contribution in [2.75, 3.05) is 16.8 Å². The molecule has 2 heterocycles. The Balaban J connectivity index is 1.71. The van der Waals surface area contributed by atoms with Gasteiger partial charge in [-0.1, -0.05) is 30.3 Å². The SMILES string of the molecule is Cc1cc(N2CCCc3ccccc32)nc(Nc2cccc(C)c2C)n1. The molecule has 0 bridgehead atoms. The molecule has 0 atom stereocenters. The zero-order valence-electron chi connectivity index (χ0n) is 15.6. The minimum absolute atomic E-state index is 0.650. The van der Waals surface area contributed by atoms with Crippen molar-refractivity contribution in [3.63, 3.8) is 0 Å². The number of aryl methyl sites for hydroxylation is 3. The second-order valence-electron chi connectivity index (χ2n) is 6.95. The lowest BCUT2D eigenvalue weighted by Crippen LogP contribution is -2.25. The monoisotopic (exact) mass is 344 g/mol. The van der Waals surface area contributed by atoms with Gasteiger partial charge < -0.3 is 10.2 Å². The first-order chi connectivity index (χ1) is 12.6. The minimum Gasteiger partial charge on any atom is -0.326 e. The summed E-state index contributed by atoms with van der Waals surface area (Å²) in [7, 11) is 0. The van der Waals surface area contributed by atoms with Crippen LogP contribution in [0.4, 0.5) is 23.1 Å². The predicted octanol–water partition coefficient (Wildman–Crippen LogP) is 5.23. The Morgan fingerprint density at radius 2 is 1.81 bits per heavy atom. The van der Waals surface area contributed by atoms with E-state index in [9.17, 15) is 0 Å². The van der Waals surface area contributed by atoms with Crippen molar-refractivity contribution >= 4 is 23.1 Å². The van der Waals surface area contributed by atoms with Crippen LogP contribution in [0.25, 0.3) is 0 Å². The van der Waals surface area contributed by atoms with Crippen molar-refractivity contribution in [2.24, 2.45) is 0 Å². The number of anilines is 4. The van der Waals surface area contributed by atoms with Crippen LogP contribution in [0.3, 0.4) is 0 Å². The molecule has 0 radical (unpaired) electrons. The Morgan fingerprint density at radius 1 is 0.962 bits per heavy atom. The second kappa shape index (κ2) is 6.79. The van der Waals surface area contributed by atoms with E-state index in [2.05, 4.69) is 77.6 Å². The van der Waals surface area contributed by atoms with Crippen LogP contribution in [0.15, 0.2) is 48.5 Å². The van der Waals surface area contributed by atoms with Crippen LogP contribution >= 0.6 is 0 Å². The van der Waals surface area contributed by atoms with E-state index in [0.717, 1.165) is 36.6 Å². The summed E-state index contributed by atoms with van der Waals surface area (Å²) in [5.74, 6) is 1.61. The van der Waals surface area contributed by atoms with Crippen LogP contribution in [0.2, 0.25) is 0 Å². The molecule has 4 nitrogen and oxygen atoms in total. The molecule has 0 unspecified atom stereocenters. The number of fused-ring (bicyclic) bond motifs is 1. The van der Waals surface area contributed by atoms with E-state index >= 15 is 0 Å². The van der Waals surface area contributed by atoms with Gasteiger partial charge in [0.15, 0.2) is 0 Å². The number of aromatic nitrogens is 2. The molecule has 1 N–H and O–H groups in total. The van der Waals surface area contributed by atoms with Crippen LogP contribution in [0.1, 0.15) is 28.8 Å². The topological polar surface area (TPSA) is 41.1 Å². The van der Waals surface area contributed by atoms with Crippen molar-refractivity contribution in [3.05, 3.63) is 70.9 Å². The van der Waals surface area contributed by atoms with Crippen molar-refractivity contribution in [1.29, 1.82) is 0 Å². The van der Waals surface area contributed by atoms with Gasteiger partial charge in [-0.05, 0) is 62.4 Å². The van der Waals surface area contributed by atoms with E-state index in [1.165, 1.54) is 22.4 Å². The van der Waals surface area contributed by atoms with Crippen molar-refractivity contribution in [1.82, 2.24) is 9.97 Å². The Bertz CT molecular complexity index is 949. The van der Waals surface area contributed by atoms with E-state index in [4.69, 9.17) is 4.98 Å². The van der Waals surface area contributed by atoms with E-state index in [0.29, 0.717) is 5.95 Å². The quantitative estimate of drug-likeness (QED) is 0.706. The first-order valence-corrected chi connectivity index (χ1v) is 9.16. The molecule has 26 heavy (non-hydrogen) atoms. The van der Waals surface area contributed by atoms with Gasteiger partial charge >= 0.3 is 0 Å². The third kappa shape index (κ3) is 3.15. The molecule has 0 saturated carbocycles. The van der Waals surface area contributed by atoms with Crippen LogP contribution in [-0.2, 0) is 6.42 Å². The van der Waals surface area contributed by atoms with Crippen molar-refractivity contribution < 1.29 is 0 Å². The Labute approximate surface area is 154 Å². The first kappa shape index (κ1) is 16.6. The van der Waals surface area contributed by atoms with Crippen molar-refractivity contribution in [3.8, 4) is 0 Å². The summed E-state index contributed by atoms with van der Waals surface area (Å²) in [4.78, 5) is 11.7. The number of para-hydroxylation sites is 1. The van der Waals surface area contributed by atoms with Gasteiger partial charge in [-0.25, -0.2) is 4.98 Å². The summed E-state index contributed by atoms with van der Waals surface area (Å²) in [6.45, 7) is 7.24. The highest BCUT2D eigenvalue weighted by atomic mass is 15.2. The summed E-state index contributed by atoms with van der Waals surface area (Å²) in [5, 5.41) is 3.41. The van der Waals surface area contributed by atoms with E-state index in [1.54, 1.807) is 0 Å². The first-order valence-electron chi connectivity index (χ1n) is 9.16. The molecule has 0 fully saturated rings. The molecule has 1 aliphatic rings. The summed E-state index contributed by atoms with van der Waals surface area (Å²) in [6, 6.07) is 16.9. The number of nitrogens with zero attached hydrogens (tertiary/aromatic N) is 3. The molecule has 4 rings (SSSR count). The molecule has 0 amide bonds. The molecule has 1 aliphatic heterocycles. The molecule has 132 valence electrons. The maximum absolute atomic E-state index is 4.83. The molecule has 4 heteroatoms. The highest BCUT2D eigenvalue weighted by molar-refractivity contribution is 5.67. The lowest BCUT2D eigenvalue weighted by Gasteiger charge is -2.30. The maximum atomic E-state index is 4.83. The van der Waals surface area contributed by atoms with Gasteiger partial charge in [-0.3, -0.25) is 0 Å². The molecule has 1 aromatic heterocycles. The van der Waals surface area contributed by atoms with Gasteiger partial charge in [0.25, 0.3) is 0 Å². The Hall–Kier alpha value is -2.88. The van der Waals surface area contributed by atoms with E-state index < -0.39 is 0 Å². The zero-order chi connectivity index (χ0) is 18.1. The Morgan fingerprint density at radius 3 is 2.69 bits per heavy atom. The maximum Gasteiger partial charge on any atom is 0.229 e. The normalized spacial score (nSPS) is 13.4. The largest absolute Gasteiger partial charge is 0.326 e. The number of benzene rings is 2. The molecular weight excluding hydrogens is 320 g/mol. The van der Waals surface area contributed by atoms with Crippen LogP contribution < -0.4 is 10.2 Å². The fraction of sp³-hybridized carbons (Fsp3) is 0.273. The third-order valence-corrected chi connectivity index (χ3v) is 5.08. The van der Waals surface area contributed by atoms with Gasteiger partial charge in [-0.2, -0.15) is 4.98 Å². The average Bonchev–Trinajstić information content (AvgIpc) is 2.64. The molecule has 0 spiro atoms. The minimum atomic E-state index is 0.650. The van der Waals surface area contributed by atoms with Gasteiger partial charge in [0.05, 0.1) is 0 Å². The van der Waals surface area contributed by atoms with Crippen LogP contribution in [0, 0.1) is 20.8 Å². The van der Waals surface area contributed by atoms with Crippen LogP contribution in [-0.4, -0.2) is 16.5 Å². The number of hydrogen-bond donors (Lipinski definition) is 1. The second-order valence-corrected chi connectivity index (χ2v) is 6.95. The molecular formula is C22H24N4. The highest BCUT2D eigenvalue weighted by Gasteiger charge is 2.19. The third-order valence-electron chi connectivity index (χ3n) is 5.08. The van der Waals surface area contributed by atoms with E-state index in [1.807, 2.05) is 6.92 Å². The summed E-state index contributed by atoms with van der Waals surface area (Å²) >= 11 is 0. The highest BCUT2D eigenvalue weighted by Crippen LogP contribution is 2.33. The predicted molar refractivity (Wildman–Crippen MR) is 108 cm³/mol. The molecule has 0 aliphatic carbocycles. The van der Waals surface area contributed by atoms with Gasteiger partial charge in [0.2, 0.25) is 5.95 Å². The Kier molecular flexibility index (Phi) is 4.33. The zero-order valence-corrected chi connectivity index (χ0v) is 15.6. The standard InChI is InChI=1S/C22H24N4/c1-15-8-6-11-19(17(15)3)24-22-23-16(2)14-21(25-22)26-13-7-10-18-9-4-5-12-20(18)26/h4-6,8-9,11-12,14H,7,10,13H2,1-3H3,(H,23,24,25). The molecule has 0 saturated heterocycles. The van der Waals surface area contributed by atoms with Crippen LogP contribution in [0.5, 0.6) is 0 Å². The fourth-order valence-electron chi connectivity index (χ4n) is 3.52. The summed E-state index contributed by atoms with van der Waals surface area (Å²) in [6.07, 6.45) is 2.27.